The van der Waals surface area contributed by atoms with Crippen molar-refractivity contribution in [2.45, 2.75) is 70.3 Å². The Bertz CT molecular complexity index is 722. The number of alkyl halides is 3. The zero-order valence-electron chi connectivity index (χ0n) is 17.3. The third kappa shape index (κ3) is 6.86. The smallest absolute Gasteiger partial charge is 0.350 e. The second-order valence-corrected chi connectivity index (χ2v) is 9.17. The van der Waals surface area contributed by atoms with Crippen LogP contribution < -0.4 is 21.3 Å². The van der Waals surface area contributed by atoms with Crippen molar-refractivity contribution in [3.8, 4) is 6.07 Å². The summed E-state index contributed by atoms with van der Waals surface area (Å²) in [6.07, 6.45) is -1.84. The Hall–Kier alpha value is -2.35. The lowest BCUT2D eigenvalue weighted by atomic mass is 9.86. The van der Waals surface area contributed by atoms with E-state index in [1.807, 2.05) is 6.07 Å². The number of carbonyl (C=O) groups is 3. The molecule has 1 saturated heterocycles. The van der Waals surface area contributed by atoms with E-state index in [0.29, 0.717) is 6.42 Å². The molecule has 3 amide bonds. The van der Waals surface area contributed by atoms with Gasteiger partial charge in [-0.15, -0.1) is 0 Å². The minimum absolute atomic E-state index is 0.126. The number of carbonyl (C=O) groups excluding carboxylic acids is 3. The predicted octanol–water partition coefficient (Wildman–Crippen LogP) is 0.736. The number of nitriles is 1. The van der Waals surface area contributed by atoms with Gasteiger partial charge in [0.05, 0.1) is 25.2 Å². The number of amides is 3. The van der Waals surface area contributed by atoms with Gasteiger partial charge < -0.3 is 16.0 Å². The molecular formula is C19H28F3N5O3. The average molecular weight is 431 g/mol. The van der Waals surface area contributed by atoms with E-state index >= 15 is 0 Å². The average Bonchev–Trinajstić information content (AvgIpc) is 3.27. The molecule has 30 heavy (non-hydrogen) atoms. The summed E-state index contributed by atoms with van der Waals surface area (Å²) in [6.45, 7) is 2.98. The molecule has 3 unspecified atom stereocenters. The van der Waals surface area contributed by atoms with Gasteiger partial charge in [-0.2, -0.15) is 18.4 Å². The fraction of sp³-hybridized carbons (Fsp3) is 0.789. The van der Waals surface area contributed by atoms with Crippen LogP contribution in [0.3, 0.4) is 0 Å². The monoisotopic (exact) mass is 431 g/mol. The van der Waals surface area contributed by atoms with Gasteiger partial charge in [-0.25, -0.2) is 0 Å². The van der Waals surface area contributed by atoms with Crippen LogP contribution in [-0.2, 0) is 14.4 Å². The molecule has 0 aromatic rings. The van der Waals surface area contributed by atoms with Crippen LogP contribution in [0.5, 0.6) is 0 Å². The van der Waals surface area contributed by atoms with E-state index in [4.69, 9.17) is 0 Å². The van der Waals surface area contributed by atoms with Crippen LogP contribution >= 0.6 is 0 Å². The van der Waals surface area contributed by atoms with E-state index < -0.39 is 48.6 Å². The van der Waals surface area contributed by atoms with Gasteiger partial charge in [-0.3, -0.25) is 19.7 Å². The lowest BCUT2D eigenvalue weighted by Gasteiger charge is -2.30. The minimum atomic E-state index is -4.48. The first-order valence-corrected chi connectivity index (χ1v) is 9.83. The van der Waals surface area contributed by atoms with Gasteiger partial charge in [0, 0.05) is 11.5 Å². The summed E-state index contributed by atoms with van der Waals surface area (Å²) in [5.41, 5.74) is -0.958. The van der Waals surface area contributed by atoms with Crippen LogP contribution in [0.4, 0.5) is 13.2 Å². The van der Waals surface area contributed by atoms with Gasteiger partial charge >= 0.3 is 6.18 Å². The Morgan fingerprint density at radius 1 is 1.30 bits per heavy atom. The molecule has 2 rings (SSSR count). The first kappa shape index (κ1) is 23.9. The Labute approximate surface area is 173 Å². The highest BCUT2D eigenvalue weighted by molar-refractivity contribution is 5.88. The van der Waals surface area contributed by atoms with E-state index in [0.717, 1.165) is 12.8 Å². The zero-order valence-corrected chi connectivity index (χ0v) is 17.3. The van der Waals surface area contributed by atoms with E-state index in [1.54, 1.807) is 20.8 Å². The second-order valence-electron chi connectivity index (χ2n) is 9.17. The molecule has 11 heteroatoms. The molecule has 1 saturated carbocycles. The Balaban J connectivity index is 1.83. The number of rotatable bonds is 8. The third-order valence-electron chi connectivity index (χ3n) is 5.32. The fourth-order valence-corrected chi connectivity index (χ4v) is 3.60. The number of hydrogen-bond acceptors (Lipinski definition) is 5. The summed E-state index contributed by atoms with van der Waals surface area (Å²) >= 11 is 0. The van der Waals surface area contributed by atoms with Crippen LogP contribution in [0.25, 0.3) is 0 Å². The van der Waals surface area contributed by atoms with E-state index in [2.05, 4.69) is 21.3 Å². The lowest BCUT2D eigenvalue weighted by Crippen LogP contribution is -2.55. The van der Waals surface area contributed by atoms with E-state index in [1.165, 1.54) is 0 Å². The van der Waals surface area contributed by atoms with E-state index in [9.17, 15) is 32.8 Å². The molecule has 4 N–H and O–H groups in total. The Morgan fingerprint density at radius 3 is 2.40 bits per heavy atom. The summed E-state index contributed by atoms with van der Waals surface area (Å²) in [5.74, 6) is -1.89. The van der Waals surface area contributed by atoms with Crippen molar-refractivity contribution in [1.82, 2.24) is 21.3 Å². The number of hydrogen-bond donors (Lipinski definition) is 4. The van der Waals surface area contributed by atoms with Crippen molar-refractivity contribution >= 4 is 17.7 Å². The number of nitrogens with zero attached hydrogens (tertiary/aromatic N) is 1. The van der Waals surface area contributed by atoms with Crippen LogP contribution in [-0.4, -0.2) is 54.6 Å². The highest BCUT2D eigenvalue weighted by Gasteiger charge is 2.52. The Morgan fingerprint density at radius 2 is 1.93 bits per heavy atom. The number of nitrogens with one attached hydrogen (secondary N) is 4. The molecule has 0 aromatic carbocycles. The van der Waals surface area contributed by atoms with Crippen molar-refractivity contribution < 1.29 is 27.6 Å². The van der Waals surface area contributed by atoms with Crippen molar-refractivity contribution in [1.29, 1.82) is 5.26 Å². The zero-order chi connectivity index (χ0) is 22.7. The molecule has 0 radical (unpaired) electrons. The highest BCUT2D eigenvalue weighted by atomic mass is 19.4. The summed E-state index contributed by atoms with van der Waals surface area (Å²) < 4.78 is 37.5. The van der Waals surface area contributed by atoms with Crippen LogP contribution in [0, 0.1) is 22.7 Å². The molecule has 1 aliphatic carbocycles. The van der Waals surface area contributed by atoms with Crippen LogP contribution in [0.15, 0.2) is 0 Å². The Kier molecular flexibility index (Phi) is 7.01. The highest BCUT2D eigenvalue weighted by Crippen LogP contribution is 2.46. The van der Waals surface area contributed by atoms with E-state index in [-0.39, 0.29) is 23.8 Å². The minimum Gasteiger partial charge on any atom is -0.350 e. The van der Waals surface area contributed by atoms with Gasteiger partial charge in [-0.05, 0) is 31.1 Å². The van der Waals surface area contributed by atoms with Crippen LogP contribution in [0.1, 0.15) is 46.5 Å². The first-order chi connectivity index (χ1) is 13.7. The van der Waals surface area contributed by atoms with Crippen molar-refractivity contribution in [2.75, 3.05) is 13.1 Å². The summed E-state index contributed by atoms with van der Waals surface area (Å²) in [6, 6.07) is -0.135. The summed E-state index contributed by atoms with van der Waals surface area (Å²) in [5, 5.41) is 19.1. The van der Waals surface area contributed by atoms with Crippen molar-refractivity contribution in [3.05, 3.63) is 0 Å². The quantitative estimate of drug-likeness (QED) is 0.451. The van der Waals surface area contributed by atoms with Gasteiger partial charge in [0.1, 0.15) is 6.04 Å². The SMILES string of the molecule is CC(C)(C)C(NCC(F)(F)F)C(=O)NCC(=O)NC(C#N)CC1CC2(CC2)NC1=O. The van der Waals surface area contributed by atoms with Gasteiger partial charge in [0.2, 0.25) is 17.7 Å². The molecule has 168 valence electrons. The molecule has 2 aliphatic rings. The lowest BCUT2D eigenvalue weighted by molar-refractivity contribution is -0.136. The van der Waals surface area contributed by atoms with Gasteiger partial charge in [0.15, 0.2) is 0 Å². The number of halogens is 3. The molecular weight excluding hydrogens is 403 g/mol. The normalized spacial score (nSPS) is 22.0. The predicted molar refractivity (Wildman–Crippen MR) is 101 cm³/mol. The molecule has 1 heterocycles. The maximum absolute atomic E-state index is 12.5. The summed E-state index contributed by atoms with van der Waals surface area (Å²) in [7, 11) is 0. The van der Waals surface area contributed by atoms with Crippen molar-refractivity contribution in [2.24, 2.45) is 11.3 Å². The molecule has 1 spiro atoms. The molecule has 0 bridgehead atoms. The molecule has 1 aliphatic heterocycles. The molecule has 3 atom stereocenters. The standard InChI is InChI=1S/C19H28F3N5O3/c1-17(2,3)14(25-10-19(20,21)22)16(30)24-9-13(28)26-12(8-23)6-11-7-18(4-5-18)27-15(11)29/h11-12,14,25H,4-7,9-10H2,1-3H3,(H,24,30)(H,26,28)(H,27,29). The molecule has 8 nitrogen and oxygen atoms in total. The summed E-state index contributed by atoms with van der Waals surface area (Å²) in [4.78, 5) is 36.5. The topological polar surface area (TPSA) is 123 Å². The van der Waals surface area contributed by atoms with Gasteiger partial charge in [-0.1, -0.05) is 20.8 Å². The van der Waals surface area contributed by atoms with Crippen molar-refractivity contribution in [3.63, 3.8) is 0 Å². The maximum atomic E-state index is 12.5. The largest absolute Gasteiger partial charge is 0.401 e. The molecule has 0 aromatic heterocycles. The maximum Gasteiger partial charge on any atom is 0.401 e. The second kappa shape index (κ2) is 8.79. The first-order valence-electron chi connectivity index (χ1n) is 9.83. The van der Waals surface area contributed by atoms with Crippen LogP contribution in [0.2, 0.25) is 0 Å². The van der Waals surface area contributed by atoms with Gasteiger partial charge in [0.25, 0.3) is 0 Å². The molecule has 2 fully saturated rings. The third-order valence-corrected chi connectivity index (χ3v) is 5.32. The fourth-order valence-electron chi connectivity index (χ4n) is 3.60.